The van der Waals surface area contributed by atoms with Crippen LogP contribution in [0.2, 0.25) is 0 Å². The molecule has 0 aromatic carbocycles. The number of imide groups is 1. The molecule has 7 nitrogen and oxygen atoms in total. The number of halogens is 3. The number of carbonyl (C=O) groups excluding carboxylic acids is 3. The second-order valence-corrected chi connectivity index (χ2v) is 4.74. The van der Waals surface area contributed by atoms with Gasteiger partial charge in [-0.25, -0.2) is 4.79 Å². The molecular formula is C11H19F3N4O3. The molecule has 10 heteroatoms. The van der Waals surface area contributed by atoms with Crippen molar-refractivity contribution in [3.63, 3.8) is 0 Å². The first-order valence-electron chi connectivity index (χ1n) is 6.12. The highest BCUT2D eigenvalue weighted by atomic mass is 19.4. The van der Waals surface area contributed by atoms with Gasteiger partial charge in [-0.05, 0) is 20.9 Å². The largest absolute Gasteiger partial charge is 0.405 e. The Morgan fingerprint density at radius 2 is 1.62 bits per heavy atom. The fourth-order valence-corrected chi connectivity index (χ4v) is 1.30. The van der Waals surface area contributed by atoms with Gasteiger partial charge in [0.15, 0.2) is 0 Å². The van der Waals surface area contributed by atoms with Gasteiger partial charge in [0.05, 0.1) is 13.1 Å². The van der Waals surface area contributed by atoms with E-state index in [4.69, 9.17) is 0 Å². The summed E-state index contributed by atoms with van der Waals surface area (Å²) in [7, 11) is 1.47. The summed E-state index contributed by atoms with van der Waals surface area (Å²) >= 11 is 0. The zero-order valence-corrected chi connectivity index (χ0v) is 12.0. The van der Waals surface area contributed by atoms with Crippen molar-refractivity contribution in [1.82, 2.24) is 20.9 Å². The van der Waals surface area contributed by atoms with E-state index >= 15 is 0 Å². The number of rotatable bonds is 6. The van der Waals surface area contributed by atoms with Crippen molar-refractivity contribution in [2.45, 2.75) is 26.1 Å². The first-order chi connectivity index (χ1) is 9.49. The molecule has 0 spiro atoms. The number of hydrogen-bond acceptors (Lipinski definition) is 4. The normalized spacial score (nSPS) is 11.4. The average Bonchev–Trinajstić information content (AvgIpc) is 2.23. The van der Waals surface area contributed by atoms with Gasteiger partial charge in [-0.15, -0.1) is 0 Å². The number of nitrogens with one attached hydrogen (secondary N) is 3. The second kappa shape index (κ2) is 8.45. The molecule has 21 heavy (non-hydrogen) atoms. The molecule has 0 aliphatic heterocycles. The van der Waals surface area contributed by atoms with E-state index in [1.54, 1.807) is 19.2 Å². The Kier molecular flexibility index (Phi) is 7.71. The summed E-state index contributed by atoms with van der Waals surface area (Å²) in [6.07, 6.45) is -4.55. The Balaban J connectivity index is 4.02. The lowest BCUT2D eigenvalue weighted by Gasteiger charge is -2.17. The molecule has 122 valence electrons. The van der Waals surface area contributed by atoms with E-state index < -0.39 is 24.7 Å². The molecule has 0 aromatic heterocycles. The van der Waals surface area contributed by atoms with E-state index in [1.807, 2.05) is 0 Å². The van der Waals surface area contributed by atoms with Crippen molar-refractivity contribution in [3.05, 3.63) is 0 Å². The van der Waals surface area contributed by atoms with Crippen LogP contribution < -0.4 is 16.0 Å². The maximum absolute atomic E-state index is 11.8. The van der Waals surface area contributed by atoms with Gasteiger partial charge in [0, 0.05) is 6.04 Å². The highest BCUT2D eigenvalue weighted by Gasteiger charge is 2.28. The Morgan fingerprint density at radius 3 is 2.10 bits per heavy atom. The van der Waals surface area contributed by atoms with Crippen LogP contribution in [0, 0.1) is 0 Å². The molecule has 0 saturated carbocycles. The van der Waals surface area contributed by atoms with Gasteiger partial charge in [0.25, 0.3) is 0 Å². The molecule has 0 radical (unpaired) electrons. The summed E-state index contributed by atoms with van der Waals surface area (Å²) in [6, 6.07) is -1.29. The molecule has 0 atom stereocenters. The Morgan fingerprint density at radius 1 is 1.10 bits per heavy atom. The summed E-state index contributed by atoms with van der Waals surface area (Å²) in [5.41, 5.74) is 0. The molecule has 3 N–H and O–H groups in total. The molecule has 4 amide bonds. The highest BCUT2D eigenvalue weighted by Crippen LogP contribution is 2.11. The van der Waals surface area contributed by atoms with Crippen LogP contribution in [0.1, 0.15) is 13.8 Å². The minimum atomic E-state index is -4.55. The maximum Gasteiger partial charge on any atom is 0.405 e. The van der Waals surface area contributed by atoms with Crippen LogP contribution in [0.3, 0.4) is 0 Å². The predicted molar refractivity (Wildman–Crippen MR) is 68.4 cm³/mol. The van der Waals surface area contributed by atoms with Crippen LogP contribution in [0.15, 0.2) is 0 Å². The Hall–Kier alpha value is -1.84. The topological polar surface area (TPSA) is 90.5 Å². The number of hydrogen-bond donors (Lipinski definition) is 3. The molecule has 0 bridgehead atoms. The Bertz CT molecular complexity index is 385. The van der Waals surface area contributed by atoms with Crippen LogP contribution in [0.5, 0.6) is 0 Å². The van der Waals surface area contributed by atoms with Crippen molar-refractivity contribution < 1.29 is 27.6 Å². The summed E-state index contributed by atoms with van der Waals surface area (Å²) < 4.78 is 35.5. The van der Waals surface area contributed by atoms with Crippen LogP contribution in [-0.2, 0) is 9.59 Å². The van der Waals surface area contributed by atoms with Crippen molar-refractivity contribution >= 4 is 17.8 Å². The van der Waals surface area contributed by atoms with E-state index in [1.165, 1.54) is 17.3 Å². The number of carbonyl (C=O) groups is 3. The fourth-order valence-electron chi connectivity index (χ4n) is 1.30. The summed E-state index contributed by atoms with van der Waals surface area (Å²) in [5.74, 6) is -1.11. The summed E-state index contributed by atoms with van der Waals surface area (Å²) in [4.78, 5) is 35.1. The lowest BCUT2D eigenvalue weighted by Crippen LogP contribution is -2.47. The number of urea groups is 1. The minimum Gasteiger partial charge on any atom is -0.353 e. The fraction of sp³-hybridized carbons (Fsp3) is 0.727. The Labute approximate surface area is 120 Å². The molecule has 0 saturated heterocycles. The maximum atomic E-state index is 11.8. The van der Waals surface area contributed by atoms with E-state index in [2.05, 4.69) is 5.32 Å². The lowest BCUT2D eigenvalue weighted by molar-refractivity contribution is -0.126. The van der Waals surface area contributed by atoms with Crippen LogP contribution in [-0.4, -0.2) is 61.6 Å². The van der Waals surface area contributed by atoms with Crippen molar-refractivity contribution in [2.24, 2.45) is 0 Å². The molecule has 0 aliphatic rings. The van der Waals surface area contributed by atoms with Gasteiger partial charge >= 0.3 is 12.2 Å². The second-order valence-electron chi connectivity index (χ2n) is 4.74. The monoisotopic (exact) mass is 312 g/mol. The van der Waals surface area contributed by atoms with Gasteiger partial charge in [-0.3, -0.25) is 19.8 Å². The molecule has 0 aliphatic carbocycles. The molecule has 0 heterocycles. The third kappa shape index (κ3) is 11.7. The first kappa shape index (κ1) is 19.2. The SMILES string of the molecule is CC(C)NC(=O)CN(C)CC(=O)NC(=O)NCC(F)(F)F. The van der Waals surface area contributed by atoms with Gasteiger partial charge in [-0.2, -0.15) is 13.2 Å². The zero-order valence-electron chi connectivity index (χ0n) is 12.0. The summed E-state index contributed by atoms with van der Waals surface area (Å²) in [5, 5.41) is 5.84. The van der Waals surface area contributed by atoms with Crippen LogP contribution in [0.25, 0.3) is 0 Å². The standard InChI is InChI=1S/C11H19F3N4O3/c1-7(2)16-8(19)4-18(3)5-9(20)17-10(21)15-6-11(12,13)14/h7H,4-6H2,1-3H3,(H,16,19)(H2,15,17,20,21). The third-order valence-corrected chi connectivity index (χ3v) is 1.98. The molecular weight excluding hydrogens is 293 g/mol. The third-order valence-electron chi connectivity index (χ3n) is 1.98. The number of nitrogens with zero attached hydrogens (tertiary/aromatic N) is 1. The number of amides is 4. The van der Waals surface area contributed by atoms with Gasteiger partial charge in [-0.1, -0.05) is 0 Å². The zero-order chi connectivity index (χ0) is 16.6. The van der Waals surface area contributed by atoms with E-state index in [9.17, 15) is 27.6 Å². The van der Waals surface area contributed by atoms with Gasteiger partial charge in [0.1, 0.15) is 6.54 Å². The van der Waals surface area contributed by atoms with E-state index in [0.717, 1.165) is 0 Å². The lowest BCUT2D eigenvalue weighted by atomic mass is 10.4. The quantitative estimate of drug-likeness (QED) is 0.635. The number of alkyl halides is 3. The van der Waals surface area contributed by atoms with Gasteiger partial charge in [0.2, 0.25) is 11.8 Å². The minimum absolute atomic E-state index is 0.0483. The summed E-state index contributed by atoms with van der Waals surface area (Å²) in [6.45, 7) is 1.64. The van der Waals surface area contributed by atoms with Crippen molar-refractivity contribution in [3.8, 4) is 0 Å². The molecule has 0 unspecified atom stereocenters. The molecule has 0 rings (SSSR count). The van der Waals surface area contributed by atoms with E-state index in [-0.39, 0.29) is 25.0 Å². The van der Waals surface area contributed by atoms with E-state index in [0.29, 0.717) is 0 Å². The number of likely N-dealkylation sites (N-methyl/N-ethyl adjacent to an activating group) is 1. The van der Waals surface area contributed by atoms with Crippen molar-refractivity contribution in [1.29, 1.82) is 0 Å². The average molecular weight is 312 g/mol. The highest BCUT2D eigenvalue weighted by molar-refractivity contribution is 5.95. The predicted octanol–water partition coefficient (Wildman–Crippen LogP) is -0.169. The van der Waals surface area contributed by atoms with Crippen LogP contribution in [0.4, 0.5) is 18.0 Å². The van der Waals surface area contributed by atoms with Gasteiger partial charge < -0.3 is 10.6 Å². The van der Waals surface area contributed by atoms with Crippen molar-refractivity contribution in [2.75, 3.05) is 26.7 Å². The molecule has 0 fully saturated rings. The van der Waals surface area contributed by atoms with Crippen LogP contribution >= 0.6 is 0 Å². The first-order valence-corrected chi connectivity index (χ1v) is 6.12. The smallest absolute Gasteiger partial charge is 0.353 e. The molecule has 0 aromatic rings.